The number of benzene rings is 1. The Hall–Kier alpha value is -0.610. The van der Waals surface area contributed by atoms with Gasteiger partial charge in [0.25, 0.3) is 0 Å². The quantitative estimate of drug-likeness (QED) is 0.840. The zero-order valence-corrected chi connectivity index (χ0v) is 12.0. The highest BCUT2D eigenvalue weighted by Gasteiger charge is 2.19. The highest BCUT2D eigenvalue weighted by atomic mass is 35.5. The third-order valence-electron chi connectivity index (χ3n) is 3.42. The van der Waals surface area contributed by atoms with Gasteiger partial charge in [0.15, 0.2) is 0 Å². The van der Waals surface area contributed by atoms with Crippen molar-refractivity contribution in [3.05, 3.63) is 23.0 Å². The molecule has 0 spiro atoms. The van der Waals surface area contributed by atoms with E-state index in [1.54, 1.807) is 0 Å². The van der Waals surface area contributed by atoms with E-state index in [0.717, 1.165) is 31.6 Å². The van der Waals surface area contributed by atoms with Crippen LogP contribution in [0.4, 0.5) is 15.8 Å². The molecule has 100 valence electrons. The lowest BCUT2D eigenvalue weighted by molar-refractivity contribution is 0.627. The van der Waals surface area contributed by atoms with Crippen LogP contribution >= 0.6 is 23.4 Å². The molecule has 2 nitrogen and oxygen atoms in total. The summed E-state index contributed by atoms with van der Waals surface area (Å²) in [6.45, 7) is 1.86. The zero-order chi connectivity index (χ0) is 13.1. The third-order valence-corrected chi connectivity index (χ3v) is 4.85. The average Bonchev–Trinajstić information content (AvgIpc) is 2.59. The summed E-state index contributed by atoms with van der Waals surface area (Å²) < 4.78 is 13.5. The van der Waals surface area contributed by atoms with Gasteiger partial charge in [-0.3, -0.25) is 0 Å². The topological polar surface area (TPSA) is 29.3 Å². The van der Waals surface area contributed by atoms with Crippen molar-refractivity contribution in [1.29, 1.82) is 0 Å². The second-order valence-electron chi connectivity index (χ2n) is 4.60. The second kappa shape index (κ2) is 6.02. The van der Waals surface area contributed by atoms with Gasteiger partial charge in [-0.1, -0.05) is 11.6 Å². The number of nitrogens with two attached hydrogens (primary N) is 1. The minimum atomic E-state index is -0.397. The molecule has 1 heterocycles. The predicted octanol–water partition coefficient (Wildman–Crippen LogP) is 3.78. The Bertz CT molecular complexity index is 428. The Morgan fingerprint density at radius 2 is 2.17 bits per heavy atom. The van der Waals surface area contributed by atoms with Crippen LogP contribution in [0.15, 0.2) is 12.1 Å². The van der Waals surface area contributed by atoms with Gasteiger partial charge in [0, 0.05) is 24.4 Å². The van der Waals surface area contributed by atoms with E-state index in [2.05, 4.69) is 11.2 Å². The molecule has 0 saturated carbocycles. The van der Waals surface area contributed by atoms with E-state index in [1.165, 1.54) is 18.6 Å². The fourth-order valence-electron chi connectivity index (χ4n) is 2.37. The van der Waals surface area contributed by atoms with E-state index in [0.29, 0.717) is 10.9 Å². The number of hydrogen-bond acceptors (Lipinski definition) is 3. The maximum absolute atomic E-state index is 13.5. The molecule has 1 saturated heterocycles. The second-order valence-corrected chi connectivity index (χ2v) is 6.15. The van der Waals surface area contributed by atoms with E-state index in [9.17, 15) is 4.39 Å². The first-order valence-electron chi connectivity index (χ1n) is 6.14. The van der Waals surface area contributed by atoms with E-state index in [1.807, 2.05) is 11.8 Å². The summed E-state index contributed by atoms with van der Waals surface area (Å²) in [5.41, 5.74) is 7.28. The van der Waals surface area contributed by atoms with Crippen LogP contribution in [0.5, 0.6) is 0 Å². The van der Waals surface area contributed by atoms with Crippen LogP contribution in [-0.4, -0.2) is 24.6 Å². The molecule has 0 radical (unpaired) electrons. The Morgan fingerprint density at radius 1 is 1.39 bits per heavy atom. The molecule has 0 amide bonds. The number of rotatable bonds is 2. The molecule has 0 bridgehead atoms. The van der Waals surface area contributed by atoms with Gasteiger partial charge < -0.3 is 10.6 Å². The lowest BCUT2D eigenvalue weighted by Crippen LogP contribution is -2.25. The van der Waals surface area contributed by atoms with Crippen molar-refractivity contribution in [3.63, 3.8) is 0 Å². The summed E-state index contributed by atoms with van der Waals surface area (Å²) in [7, 11) is 0. The molecule has 1 aromatic rings. The standard InChI is InChI=1S/C13H18ClFN2S/c1-18-9-3-2-5-17(6-4-9)13-8-11(15)10(14)7-12(13)16/h7-9H,2-6,16H2,1H3. The average molecular weight is 289 g/mol. The number of nitrogen functional groups attached to an aromatic ring is 1. The minimum absolute atomic E-state index is 0.0908. The number of anilines is 2. The van der Waals surface area contributed by atoms with Gasteiger partial charge in [-0.05, 0) is 31.6 Å². The van der Waals surface area contributed by atoms with E-state index < -0.39 is 5.82 Å². The largest absolute Gasteiger partial charge is 0.397 e. The lowest BCUT2D eigenvalue weighted by atomic mass is 10.2. The summed E-state index contributed by atoms with van der Waals surface area (Å²) in [5.74, 6) is -0.397. The normalized spacial score (nSPS) is 20.8. The first-order valence-corrected chi connectivity index (χ1v) is 7.80. The molecule has 1 aliphatic rings. The predicted molar refractivity (Wildman–Crippen MR) is 79.2 cm³/mol. The maximum atomic E-state index is 13.5. The first-order chi connectivity index (χ1) is 8.61. The van der Waals surface area contributed by atoms with Crippen molar-refractivity contribution in [2.45, 2.75) is 24.5 Å². The van der Waals surface area contributed by atoms with Crippen molar-refractivity contribution < 1.29 is 4.39 Å². The van der Waals surface area contributed by atoms with E-state index >= 15 is 0 Å². The van der Waals surface area contributed by atoms with Crippen LogP contribution in [0.2, 0.25) is 5.02 Å². The summed E-state index contributed by atoms with van der Waals surface area (Å²) in [6, 6.07) is 2.96. The van der Waals surface area contributed by atoms with Gasteiger partial charge in [0.05, 0.1) is 16.4 Å². The molecule has 0 aromatic heterocycles. The highest BCUT2D eigenvalue weighted by Crippen LogP contribution is 2.32. The highest BCUT2D eigenvalue weighted by molar-refractivity contribution is 7.99. The summed E-state index contributed by atoms with van der Waals surface area (Å²) >= 11 is 7.64. The van der Waals surface area contributed by atoms with Gasteiger partial charge in [-0.2, -0.15) is 11.8 Å². The molecule has 0 aliphatic carbocycles. The number of halogens is 2. The molecule has 5 heteroatoms. The van der Waals surface area contributed by atoms with Gasteiger partial charge in [-0.15, -0.1) is 0 Å². The van der Waals surface area contributed by atoms with E-state index in [-0.39, 0.29) is 5.02 Å². The van der Waals surface area contributed by atoms with Crippen molar-refractivity contribution in [1.82, 2.24) is 0 Å². The fourth-order valence-corrected chi connectivity index (χ4v) is 3.28. The lowest BCUT2D eigenvalue weighted by Gasteiger charge is -2.24. The Morgan fingerprint density at radius 3 is 2.89 bits per heavy atom. The van der Waals surface area contributed by atoms with Gasteiger partial charge >= 0.3 is 0 Å². The van der Waals surface area contributed by atoms with Crippen molar-refractivity contribution >= 4 is 34.7 Å². The Kier molecular flexibility index (Phi) is 4.62. The maximum Gasteiger partial charge on any atom is 0.144 e. The van der Waals surface area contributed by atoms with Gasteiger partial charge in [0.2, 0.25) is 0 Å². The van der Waals surface area contributed by atoms with Crippen LogP contribution in [0, 0.1) is 5.82 Å². The zero-order valence-electron chi connectivity index (χ0n) is 10.5. The third kappa shape index (κ3) is 3.04. The van der Waals surface area contributed by atoms with Crippen molar-refractivity contribution in [3.8, 4) is 0 Å². The smallest absolute Gasteiger partial charge is 0.144 e. The molecule has 18 heavy (non-hydrogen) atoms. The fraction of sp³-hybridized carbons (Fsp3) is 0.538. The van der Waals surface area contributed by atoms with Crippen molar-refractivity contribution in [2.75, 3.05) is 30.0 Å². The molecule has 1 aromatic carbocycles. The molecule has 1 atom stereocenters. The molecule has 2 rings (SSSR count). The monoisotopic (exact) mass is 288 g/mol. The van der Waals surface area contributed by atoms with E-state index in [4.69, 9.17) is 17.3 Å². The van der Waals surface area contributed by atoms with Crippen LogP contribution in [0.3, 0.4) is 0 Å². The molecule has 1 unspecified atom stereocenters. The summed E-state index contributed by atoms with van der Waals surface area (Å²) in [4.78, 5) is 2.17. The molecule has 1 fully saturated rings. The van der Waals surface area contributed by atoms with Crippen molar-refractivity contribution in [2.24, 2.45) is 0 Å². The number of hydrogen-bond donors (Lipinski definition) is 1. The summed E-state index contributed by atoms with van der Waals surface area (Å²) in [5, 5.41) is 0.793. The Balaban J connectivity index is 2.18. The Labute approximate surface area is 117 Å². The van der Waals surface area contributed by atoms with Gasteiger partial charge in [-0.25, -0.2) is 4.39 Å². The van der Waals surface area contributed by atoms with Crippen LogP contribution in [-0.2, 0) is 0 Å². The van der Waals surface area contributed by atoms with Gasteiger partial charge in [0.1, 0.15) is 5.82 Å². The minimum Gasteiger partial charge on any atom is -0.397 e. The first kappa shape index (κ1) is 13.8. The summed E-state index contributed by atoms with van der Waals surface area (Å²) in [6.07, 6.45) is 5.60. The molecule has 2 N–H and O–H groups in total. The van der Waals surface area contributed by atoms with Crippen LogP contribution in [0.25, 0.3) is 0 Å². The number of nitrogens with zero attached hydrogens (tertiary/aromatic N) is 1. The van der Waals surface area contributed by atoms with Crippen LogP contribution in [0.1, 0.15) is 19.3 Å². The molecule has 1 aliphatic heterocycles. The van der Waals surface area contributed by atoms with Crippen LogP contribution < -0.4 is 10.6 Å². The number of thioether (sulfide) groups is 1. The SMILES string of the molecule is CSC1CCCN(c2cc(F)c(Cl)cc2N)CC1. The molecular formula is C13H18ClFN2S. The molecular weight excluding hydrogens is 271 g/mol.